The predicted molar refractivity (Wildman–Crippen MR) is 124 cm³/mol. The van der Waals surface area contributed by atoms with Crippen molar-refractivity contribution in [3.8, 4) is 0 Å². The SMILES string of the molecule is O=C1O[C@H](c2ccccc2)CN1Cc1cccc(N2CCN(Cc3cccnc3)CC2)c1. The number of benzene rings is 2. The van der Waals surface area contributed by atoms with E-state index in [1.807, 2.05) is 48.8 Å². The third-order valence-corrected chi connectivity index (χ3v) is 6.21. The standard InChI is InChI=1S/C26H28N4O2/c31-26-30(20-25(32-26)23-8-2-1-3-9-23)19-21-6-4-10-24(16-21)29-14-12-28(13-15-29)18-22-7-5-11-27-17-22/h1-11,16-17,25H,12-15,18-20H2/t25-/m0/s1. The van der Waals surface area contributed by atoms with Crippen molar-refractivity contribution in [3.05, 3.63) is 95.8 Å². The topological polar surface area (TPSA) is 48.9 Å². The summed E-state index contributed by atoms with van der Waals surface area (Å²) in [7, 11) is 0. The fourth-order valence-electron chi connectivity index (χ4n) is 4.46. The zero-order valence-electron chi connectivity index (χ0n) is 18.1. The van der Waals surface area contributed by atoms with Gasteiger partial charge in [-0.05, 0) is 34.9 Å². The summed E-state index contributed by atoms with van der Waals surface area (Å²) >= 11 is 0. The Morgan fingerprint density at radius 1 is 0.875 bits per heavy atom. The highest BCUT2D eigenvalue weighted by Gasteiger charge is 2.32. The number of amides is 1. The first-order chi connectivity index (χ1) is 15.7. The van der Waals surface area contributed by atoms with Gasteiger partial charge >= 0.3 is 6.09 Å². The second-order valence-corrected chi connectivity index (χ2v) is 8.46. The van der Waals surface area contributed by atoms with Crippen LogP contribution in [0.2, 0.25) is 0 Å². The van der Waals surface area contributed by atoms with E-state index >= 15 is 0 Å². The Kier molecular flexibility index (Phi) is 6.03. The van der Waals surface area contributed by atoms with Gasteiger partial charge in [0.1, 0.15) is 6.10 Å². The van der Waals surface area contributed by atoms with Crippen molar-refractivity contribution in [1.29, 1.82) is 0 Å². The second kappa shape index (κ2) is 9.40. The molecule has 1 amide bonds. The Hall–Kier alpha value is -3.38. The molecule has 0 bridgehead atoms. The largest absolute Gasteiger partial charge is 0.439 e. The molecular weight excluding hydrogens is 400 g/mol. The fourth-order valence-corrected chi connectivity index (χ4v) is 4.46. The third kappa shape index (κ3) is 4.75. The minimum atomic E-state index is -0.242. The van der Waals surface area contributed by atoms with E-state index in [1.165, 1.54) is 11.3 Å². The van der Waals surface area contributed by atoms with Gasteiger partial charge in [0, 0.05) is 57.3 Å². The van der Waals surface area contributed by atoms with Gasteiger partial charge in [-0.1, -0.05) is 48.5 Å². The summed E-state index contributed by atoms with van der Waals surface area (Å²) in [4.78, 5) is 23.3. The molecule has 0 saturated carbocycles. The van der Waals surface area contributed by atoms with Crippen LogP contribution in [0.25, 0.3) is 0 Å². The zero-order chi connectivity index (χ0) is 21.8. The number of cyclic esters (lactones) is 1. The Morgan fingerprint density at radius 3 is 2.47 bits per heavy atom. The predicted octanol–water partition coefficient (Wildman–Crippen LogP) is 4.10. The molecule has 0 unspecified atom stereocenters. The molecule has 0 N–H and O–H groups in total. The number of pyridine rings is 1. The Balaban J connectivity index is 1.18. The van der Waals surface area contributed by atoms with Crippen LogP contribution >= 0.6 is 0 Å². The molecule has 0 aliphatic carbocycles. The van der Waals surface area contributed by atoms with Gasteiger partial charge in [-0.2, -0.15) is 0 Å². The number of hydrogen-bond acceptors (Lipinski definition) is 5. The van der Waals surface area contributed by atoms with Gasteiger partial charge in [0.25, 0.3) is 0 Å². The van der Waals surface area contributed by atoms with E-state index in [0.29, 0.717) is 13.1 Å². The summed E-state index contributed by atoms with van der Waals surface area (Å²) in [6, 6.07) is 22.6. The number of piperazine rings is 1. The normalized spacial score (nSPS) is 19.2. The van der Waals surface area contributed by atoms with Gasteiger partial charge < -0.3 is 9.64 Å². The third-order valence-electron chi connectivity index (χ3n) is 6.21. The molecule has 6 heteroatoms. The zero-order valence-corrected chi connectivity index (χ0v) is 18.1. The molecule has 2 aromatic carbocycles. The summed E-state index contributed by atoms with van der Waals surface area (Å²) in [5.41, 5.74) is 4.65. The molecule has 2 aliphatic rings. The molecule has 32 heavy (non-hydrogen) atoms. The van der Waals surface area contributed by atoms with Crippen LogP contribution in [0.4, 0.5) is 10.5 Å². The molecule has 2 saturated heterocycles. The highest BCUT2D eigenvalue weighted by molar-refractivity contribution is 5.70. The van der Waals surface area contributed by atoms with E-state index in [-0.39, 0.29) is 12.2 Å². The van der Waals surface area contributed by atoms with Crippen LogP contribution in [0.3, 0.4) is 0 Å². The first-order valence-electron chi connectivity index (χ1n) is 11.2. The maximum atomic E-state index is 12.4. The first-order valence-corrected chi connectivity index (χ1v) is 11.2. The number of rotatable bonds is 6. The molecule has 5 rings (SSSR count). The maximum absolute atomic E-state index is 12.4. The van der Waals surface area contributed by atoms with E-state index < -0.39 is 0 Å². The number of nitrogens with zero attached hydrogens (tertiary/aromatic N) is 4. The average molecular weight is 429 g/mol. The average Bonchev–Trinajstić information content (AvgIpc) is 3.21. The highest BCUT2D eigenvalue weighted by Crippen LogP contribution is 2.28. The van der Waals surface area contributed by atoms with Gasteiger partial charge in [0.15, 0.2) is 0 Å². The van der Waals surface area contributed by atoms with Crippen molar-refractivity contribution in [3.63, 3.8) is 0 Å². The van der Waals surface area contributed by atoms with E-state index in [2.05, 4.69) is 45.1 Å². The van der Waals surface area contributed by atoms with Crippen molar-refractivity contribution in [1.82, 2.24) is 14.8 Å². The molecule has 3 aromatic rings. The van der Waals surface area contributed by atoms with Crippen LogP contribution in [0.1, 0.15) is 22.8 Å². The summed E-state index contributed by atoms with van der Waals surface area (Å²) in [5.74, 6) is 0. The molecule has 0 radical (unpaired) electrons. The minimum Gasteiger partial charge on any atom is -0.439 e. The van der Waals surface area contributed by atoms with Crippen molar-refractivity contribution in [2.45, 2.75) is 19.2 Å². The Labute approximate surface area is 189 Å². The van der Waals surface area contributed by atoms with Crippen molar-refractivity contribution < 1.29 is 9.53 Å². The van der Waals surface area contributed by atoms with E-state index in [1.54, 1.807) is 4.90 Å². The van der Waals surface area contributed by atoms with Crippen LogP contribution in [0, 0.1) is 0 Å². The fraction of sp³-hybridized carbons (Fsp3) is 0.308. The lowest BCUT2D eigenvalue weighted by Gasteiger charge is -2.36. The molecule has 3 heterocycles. The van der Waals surface area contributed by atoms with Crippen molar-refractivity contribution in [2.75, 3.05) is 37.6 Å². The summed E-state index contributed by atoms with van der Waals surface area (Å²) < 4.78 is 5.61. The smallest absolute Gasteiger partial charge is 0.410 e. The lowest BCUT2D eigenvalue weighted by atomic mass is 10.1. The van der Waals surface area contributed by atoms with Crippen molar-refractivity contribution in [2.24, 2.45) is 0 Å². The van der Waals surface area contributed by atoms with Crippen LogP contribution in [0.5, 0.6) is 0 Å². The molecule has 6 nitrogen and oxygen atoms in total. The molecule has 1 atom stereocenters. The van der Waals surface area contributed by atoms with Gasteiger partial charge in [-0.3, -0.25) is 14.8 Å². The minimum absolute atomic E-state index is 0.195. The lowest BCUT2D eigenvalue weighted by molar-refractivity contribution is 0.132. The highest BCUT2D eigenvalue weighted by atomic mass is 16.6. The summed E-state index contributed by atoms with van der Waals surface area (Å²) in [6.07, 6.45) is 3.33. The van der Waals surface area contributed by atoms with Gasteiger partial charge in [0.05, 0.1) is 6.54 Å². The molecule has 1 aromatic heterocycles. The Morgan fingerprint density at radius 2 is 1.69 bits per heavy atom. The summed E-state index contributed by atoms with van der Waals surface area (Å²) in [5, 5.41) is 0. The number of aromatic nitrogens is 1. The van der Waals surface area contributed by atoms with Crippen molar-refractivity contribution >= 4 is 11.8 Å². The number of ether oxygens (including phenoxy) is 1. The van der Waals surface area contributed by atoms with Crippen LogP contribution in [-0.4, -0.2) is 53.6 Å². The molecular formula is C26H28N4O2. The molecule has 2 fully saturated rings. The maximum Gasteiger partial charge on any atom is 0.410 e. The number of carbonyl (C=O) groups excluding carboxylic acids is 1. The molecule has 164 valence electrons. The monoisotopic (exact) mass is 428 g/mol. The van der Waals surface area contributed by atoms with Crippen LogP contribution in [-0.2, 0) is 17.8 Å². The van der Waals surface area contributed by atoms with Crippen LogP contribution in [0.15, 0.2) is 79.1 Å². The molecule has 0 spiro atoms. The number of carbonyl (C=O) groups is 1. The van der Waals surface area contributed by atoms with E-state index in [4.69, 9.17) is 4.74 Å². The van der Waals surface area contributed by atoms with E-state index in [9.17, 15) is 4.79 Å². The van der Waals surface area contributed by atoms with Gasteiger partial charge in [-0.25, -0.2) is 4.79 Å². The number of hydrogen-bond donors (Lipinski definition) is 0. The first kappa shape index (κ1) is 20.5. The van der Waals surface area contributed by atoms with Crippen LogP contribution < -0.4 is 4.90 Å². The quantitative estimate of drug-likeness (QED) is 0.592. The van der Waals surface area contributed by atoms with Gasteiger partial charge in [0.2, 0.25) is 0 Å². The second-order valence-electron chi connectivity index (χ2n) is 8.46. The Bertz CT molecular complexity index is 1040. The molecule has 2 aliphatic heterocycles. The van der Waals surface area contributed by atoms with Gasteiger partial charge in [-0.15, -0.1) is 0 Å². The summed E-state index contributed by atoms with van der Waals surface area (Å²) in [6.45, 7) is 6.13. The number of anilines is 1. The van der Waals surface area contributed by atoms with E-state index in [0.717, 1.165) is 43.9 Å². The lowest BCUT2D eigenvalue weighted by Crippen LogP contribution is -2.46.